The summed E-state index contributed by atoms with van der Waals surface area (Å²) in [5.74, 6) is 0. The molecule has 2 rings (SSSR count). The predicted octanol–water partition coefficient (Wildman–Crippen LogP) is 1.48. The van der Waals surface area contributed by atoms with Crippen LogP contribution >= 0.6 is 0 Å². The van der Waals surface area contributed by atoms with Gasteiger partial charge in [-0.05, 0) is 36.2 Å². The number of quaternary nitrogens is 1. The molecule has 0 amide bonds. The van der Waals surface area contributed by atoms with E-state index < -0.39 is 10.0 Å². The molecule has 2 aromatic carbocycles. The van der Waals surface area contributed by atoms with Gasteiger partial charge in [0, 0.05) is 25.3 Å². The summed E-state index contributed by atoms with van der Waals surface area (Å²) in [4.78, 5) is 3.53. The van der Waals surface area contributed by atoms with E-state index in [1.165, 1.54) is 4.90 Å². The number of likely N-dealkylation sites (N-methyl/N-ethyl adjacent to an activating group) is 1. The fourth-order valence-electron chi connectivity index (χ4n) is 2.84. The Morgan fingerprint density at radius 3 is 2.04 bits per heavy atom. The number of anilines is 1. The molecule has 0 radical (unpaired) electrons. The lowest BCUT2D eigenvalue weighted by atomic mass is 10.1. The zero-order valence-corrected chi connectivity index (χ0v) is 17.1. The fraction of sp³-hybridized carbons (Fsp3) is 0.400. The molecule has 0 aromatic heterocycles. The Hall–Kier alpha value is -1.89. The topological polar surface area (TPSA) is 53.9 Å². The molecule has 5 nitrogen and oxygen atoms in total. The number of hydrogen-bond donors (Lipinski definition) is 2. The smallest absolute Gasteiger partial charge is 0.240 e. The molecule has 0 saturated carbocycles. The maximum atomic E-state index is 12.6. The SMILES string of the molecule is CCc1ccc(S(=O)(=O)NC[C@@H](c2ccc(N(C)C)cc2)[NH+](C)C)cc1. The lowest BCUT2D eigenvalue weighted by molar-refractivity contribution is -0.890. The number of hydrogen-bond acceptors (Lipinski definition) is 3. The van der Waals surface area contributed by atoms with E-state index in [4.69, 9.17) is 0 Å². The van der Waals surface area contributed by atoms with Crippen molar-refractivity contribution < 1.29 is 13.3 Å². The Bertz CT molecular complexity index is 798. The maximum absolute atomic E-state index is 12.6. The number of nitrogens with zero attached hydrogens (tertiary/aromatic N) is 1. The van der Waals surface area contributed by atoms with Gasteiger partial charge in [-0.3, -0.25) is 0 Å². The Labute approximate surface area is 157 Å². The molecule has 1 atom stereocenters. The summed E-state index contributed by atoms with van der Waals surface area (Å²) >= 11 is 0. The average Bonchev–Trinajstić information content (AvgIpc) is 2.62. The van der Waals surface area contributed by atoms with E-state index >= 15 is 0 Å². The van der Waals surface area contributed by atoms with E-state index in [2.05, 4.69) is 29.0 Å². The first kappa shape index (κ1) is 20.4. The highest BCUT2D eigenvalue weighted by Crippen LogP contribution is 2.17. The Morgan fingerprint density at radius 2 is 1.58 bits per heavy atom. The second kappa shape index (κ2) is 8.66. The van der Waals surface area contributed by atoms with E-state index in [0.29, 0.717) is 11.4 Å². The third-order valence-electron chi connectivity index (χ3n) is 4.63. The van der Waals surface area contributed by atoms with Gasteiger partial charge in [0.2, 0.25) is 10.0 Å². The third kappa shape index (κ3) is 5.06. The summed E-state index contributed by atoms with van der Waals surface area (Å²) in [6, 6.07) is 15.4. The Balaban J connectivity index is 2.14. The van der Waals surface area contributed by atoms with E-state index in [0.717, 1.165) is 23.2 Å². The van der Waals surface area contributed by atoms with Crippen molar-refractivity contribution in [3.8, 4) is 0 Å². The number of benzene rings is 2. The van der Waals surface area contributed by atoms with Crippen molar-refractivity contribution in [3.05, 3.63) is 59.7 Å². The van der Waals surface area contributed by atoms with Crippen molar-refractivity contribution in [2.24, 2.45) is 0 Å². The number of sulfonamides is 1. The van der Waals surface area contributed by atoms with Gasteiger partial charge < -0.3 is 9.80 Å². The first-order chi connectivity index (χ1) is 12.2. The average molecular weight is 377 g/mol. The normalized spacial score (nSPS) is 13.0. The van der Waals surface area contributed by atoms with Gasteiger partial charge in [0.05, 0.1) is 25.5 Å². The Kier molecular flexibility index (Phi) is 6.81. The van der Waals surface area contributed by atoms with Crippen LogP contribution in [-0.4, -0.2) is 43.2 Å². The molecule has 0 aliphatic heterocycles. The van der Waals surface area contributed by atoms with Crippen molar-refractivity contribution >= 4 is 15.7 Å². The zero-order chi connectivity index (χ0) is 19.3. The van der Waals surface area contributed by atoms with Gasteiger partial charge in [0.25, 0.3) is 0 Å². The van der Waals surface area contributed by atoms with Gasteiger partial charge in [-0.2, -0.15) is 0 Å². The molecular formula is C20H30N3O2S+. The summed E-state index contributed by atoms with van der Waals surface area (Å²) in [5.41, 5.74) is 3.36. The zero-order valence-electron chi connectivity index (χ0n) is 16.3. The highest BCUT2D eigenvalue weighted by molar-refractivity contribution is 7.89. The molecule has 0 fully saturated rings. The van der Waals surface area contributed by atoms with Crippen LogP contribution < -0.4 is 14.5 Å². The molecule has 0 aliphatic carbocycles. The molecule has 0 bridgehead atoms. The van der Waals surface area contributed by atoms with Crippen LogP contribution in [0.1, 0.15) is 24.1 Å². The summed E-state index contributed by atoms with van der Waals surface area (Å²) in [6.07, 6.45) is 0.892. The molecule has 0 heterocycles. The standard InChI is InChI=1S/C20H29N3O2S/c1-6-16-7-13-19(14-8-16)26(24,25)21-15-20(23(4)5)17-9-11-18(12-10-17)22(2)3/h7-14,20-21H,6,15H2,1-5H3/p+1/t20-/m0/s1. The number of aryl methyl sites for hydroxylation is 1. The van der Waals surface area contributed by atoms with Crippen molar-refractivity contribution in [3.63, 3.8) is 0 Å². The molecule has 2 aromatic rings. The van der Waals surface area contributed by atoms with Gasteiger partial charge >= 0.3 is 0 Å². The lowest BCUT2D eigenvalue weighted by Gasteiger charge is -2.23. The largest absolute Gasteiger partial charge is 0.378 e. The minimum Gasteiger partial charge on any atom is -0.378 e. The van der Waals surface area contributed by atoms with Gasteiger partial charge in [-0.15, -0.1) is 0 Å². The summed E-state index contributed by atoms with van der Waals surface area (Å²) in [7, 11) is 4.56. The van der Waals surface area contributed by atoms with Crippen LogP contribution in [0.25, 0.3) is 0 Å². The second-order valence-electron chi connectivity index (χ2n) is 6.97. The molecule has 26 heavy (non-hydrogen) atoms. The lowest BCUT2D eigenvalue weighted by Crippen LogP contribution is -3.07. The molecule has 6 heteroatoms. The van der Waals surface area contributed by atoms with Gasteiger partial charge in [-0.25, -0.2) is 13.1 Å². The number of rotatable bonds is 8. The molecule has 0 aliphatic rings. The van der Waals surface area contributed by atoms with Crippen LogP contribution in [0.3, 0.4) is 0 Å². The molecule has 142 valence electrons. The Morgan fingerprint density at radius 1 is 1.00 bits per heavy atom. The van der Waals surface area contributed by atoms with Crippen molar-refractivity contribution in [2.75, 3.05) is 39.6 Å². The highest BCUT2D eigenvalue weighted by atomic mass is 32.2. The van der Waals surface area contributed by atoms with Gasteiger partial charge in [0.1, 0.15) is 6.04 Å². The third-order valence-corrected chi connectivity index (χ3v) is 6.07. The van der Waals surface area contributed by atoms with Crippen LogP contribution in [0.15, 0.2) is 53.4 Å². The molecule has 0 unspecified atom stereocenters. The fourth-order valence-corrected chi connectivity index (χ4v) is 3.89. The van der Waals surface area contributed by atoms with E-state index in [-0.39, 0.29) is 6.04 Å². The van der Waals surface area contributed by atoms with E-state index in [1.54, 1.807) is 12.1 Å². The summed E-state index contributed by atoms with van der Waals surface area (Å²) in [5, 5.41) is 0. The molecule has 0 saturated heterocycles. The van der Waals surface area contributed by atoms with Crippen molar-refractivity contribution in [2.45, 2.75) is 24.3 Å². The van der Waals surface area contributed by atoms with Crippen LogP contribution in [0, 0.1) is 0 Å². The van der Waals surface area contributed by atoms with Crippen molar-refractivity contribution in [1.82, 2.24) is 4.72 Å². The highest BCUT2D eigenvalue weighted by Gasteiger charge is 2.22. The van der Waals surface area contributed by atoms with Crippen molar-refractivity contribution in [1.29, 1.82) is 0 Å². The number of nitrogens with one attached hydrogen (secondary N) is 2. The maximum Gasteiger partial charge on any atom is 0.240 e. The minimum atomic E-state index is -3.52. The monoisotopic (exact) mass is 376 g/mol. The predicted molar refractivity (Wildman–Crippen MR) is 107 cm³/mol. The molecular weight excluding hydrogens is 346 g/mol. The quantitative estimate of drug-likeness (QED) is 0.734. The summed E-state index contributed by atoms with van der Waals surface area (Å²) < 4.78 is 28.0. The van der Waals surface area contributed by atoms with Gasteiger partial charge in [-0.1, -0.05) is 31.2 Å². The van der Waals surface area contributed by atoms with Gasteiger partial charge in [0.15, 0.2) is 0 Å². The molecule has 0 spiro atoms. The molecule has 2 N–H and O–H groups in total. The van der Waals surface area contributed by atoms with Crippen LogP contribution in [-0.2, 0) is 16.4 Å². The minimum absolute atomic E-state index is 0.0379. The van der Waals surface area contributed by atoms with Crippen LogP contribution in [0.5, 0.6) is 0 Å². The van der Waals surface area contributed by atoms with Crippen LogP contribution in [0.2, 0.25) is 0 Å². The first-order valence-corrected chi connectivity index (χ1v) is 10.4. The van der Waals surface area contributed by atoms with Crippen LogP contribution in [0.4, 0.5) is 5.69 Å². The van der Waals surface area contributed by atoms with E-state index in [9.17, 15) is 8.42 Å². The second-order valence-corrected chi connectivity index (χ2v) is 8.73. The summed E-state index contributed by atoms with van der Waals surface area (Å²) in [6.45, 7) is 2.40. The van der Waals surface area contributed by atoms with E-state index in [1.807, 2.05) is 52.1 Å². The first-order valence-electron chi connectivity index (χ1n) is 8.90.